The van der Waals surface area contributed by atoms with Gasteiger partial charge in [0.2, 0.25) is 0 Å². The van der Waals surface area contributed by atoms with Crippen LogP contribution in [0.4, 0.5) is 4.39 Å². The lowest BCUT2D eigenvalue weighted by atomic mass is 10.1. The predicted molar refractivity (Wildman–Crippen MR) is 54.9 cm³/mol. The van der Waals surface area contributed by atoms with E-state index in [4.69, 9.17) is 5.73 Å². The number of aliphatic carboxylic acids is 1. The fraction of sp³-hybridized carbons (Fsp3) is 0.182. The van der Waals surface area contributed by atoms with Crippen LogP contribution < -0.4 is 10.8 Å². The molecule has 4 nitrogen and oxygen atoms in total. The first-order chi connectivity index (χ1) is 7.58. The Bertz CT molecular complexity index is 536. The fourth-order valence-electron chi connectivity index (χ4n) is 1.65. The van der Waals surface area contributed by atoms with Crippen LogP contribution in [0.15, 0.2) is 24.4 Å². The molecule has 5 heteroatoms. The van der Waals surface area contributed by atoms with Crippen molar-refractivity contribution in [2.75, 3.05) is 0 Å². The van der Waals surface area contributed by atoms with Crippen LogP contribution in [0.5, 0.6) is 0 Å². The van der Waals surface area contributed by atoms with Crippen molar-refractivity contribution < 1.29 is 14.3 Å². The molecule has 0 aliphatic carbocycles. The molecular weight excluding hydrogens is 211 g/mol. The Kier molecular flexibility index (Phi) is 2.62. The third-order valence-electron chi connectivity index (χ3n) is 2.47. The van der Waals surface area contributed by atoms with Gasteiger partial charge in [-0.15, -0.1) is 0 Å². The lowest BCUT2D eigenvalue weighted by Crippen LogP contribution is -2.43. The molecule has 2 rings (SSSR count). The molecule has 1 heterocycles. The molecule has 84 valence electrons. The van der Waals surface area contributed by atoms with Gasteiger partial charge in [-0.2, -0.15) is 0 Å². The lowest BCUT2D eigenvalue weighted by molar-refractivity contribution is -0.307. The summed E-state index contributed by atoms with van der Waals surface area (Å²) in [5.74, 6) is -1.64. The monoisotopic (exact) mass is 221 g/mol. The van der Waals surface area contributed by atoms with Crippen LogP contribution in [0.2, 0.25) is 0 Å². The number of carbonyl (C=O) groups excluding carboxylic acids is 1. The van der Waals surface area contributed by atoms with Crippen molar-refractivity contribution in [3.63, 3.8) is 0 Å². The summed E-state index contributed by atoms with van der Waals surface area (Å²) in [6, 6.07) is 3.22. The summed E-state index contributed by atoms with van der Waals surface area (Å²) in [5.41, 5.74) is 6.75. The normalized spacial score (nSPS) is 12.9. The maximum Gasteiger partial charge on any atom is 0.125 e. The molecule has 1 atom stereocenters. The van der Waals surface area contributed by atoms with Gasteiger partial charge in [0, 0.05) is 23.1 Å². The average molecular weight is 221 g/mol. The highest BCUT2D eigenvalue weighted by Crippen LogP contribution is 2.20. The van der Waals surface area contributed by atoms with Crippen LogP contribution in [-0.4, -0.2) is 17.0 Å². The van der Waals surface area contributed by atoms with E-state index in [0.29, 0.717) is 5.52 Å². The minimum absolute atomic E-state index is 0.161. The smallest absolute Gasteiger partial charge is 0.125 e. The maximum absolute atomic E-state index is 12.9. The van der Waals surface area contributed by atoms with Crippen molar-refractivity contribution in [1.82, 2.24) is 4.98 Å². The van der Waals surface area contributed by atoms with Crippen LogP contribution in [0, 0.1) is 5.82 Å². The number of H-pyrrole nitrogens is 1. The number of halogens is 1. The van der Waals surface area contributed by atoms with Crippen LogP contribution in [-0.2, 0) is 11.2 Å². The van der Waals surface area contributed by atoms with Gasteiger partial charge in [0.1, 0.15) is 5.82 Å². The van der Waals surface area contributed by atoms with Gasteiger partial charge in [-0.3, -0.25) is 0 Å². The first-order valence-electron chi connectivity index (χ1n) is 4.80. The van der Waals surface area contributed by atoms with Gasteiger partial charge in [-0.25, -0.2) is 4.39 Å². The predicted octanol–water partition coefficient (Wildman–Crippen LogP) is -0.0733. The van der Waals surface area contributed by atoms with Gasteiger partial charge in [-0.05, 0) is 30.2 Å². The molecule has 2 aromatic rings. The molecule has 0 aliphatic rings. The Morgan fingerprint density at radius 1 is 1.56 bits per heavy atom. The number of nitrogens with two attached hydrogens (primary N) is 1. The van der Waals surface area contributed by atoms with Gasteiger partial charge in [0.05, 0.1) is 5.97 Å². The van der Waals surface area contributed by atoms with Crippen molar-refractivity contribution in [3.8, 4) is 0 Å². The number of carboxylic acids is 1. The van der Waals surface area contributed by atoms with Crippen molar-refractivity contribution in [2.24, 2.45) is 5.73 Å². The fourth-order valence-corrected chi connectivity index (χ4v) is 1.65. The molecule has 3 N–H and O–H groups in total. The second-order valence-corrected chi connectivity index (χ2v) is 3.63. The third kappa shape index (κ3) is 1.90. The maximum atomic E-state index is 12.9. The van der Waals surface area contributed by atoms with Crippen LogP contribution in [0.25, 0.3) is 10.9 Å². The molecule has 0 bridgehead atoms. The standard InChI is InChI=1S/C11H11FN2O2/c12-7-1-2-8-6(3-9(13)11(15)16)5-14-10(8)4-7/h1-2,4-5,9,14H,3,13H2,(H,15,16)/p-1. The molecule has 0 radical (unpaired) electrons. The number of carbonyl (C=O) groups is 1. The Morgan fingerprint density at radius 3 is 3.00 bits per heavy atom. The van der Waals surface area contributed by atoms with E-state index in [0.717, 1.165) is 10.9 Å². The number of hydrogen-bond donors (Lipinski definition) is 2. The summed E-state index contributed by atoms with van der Waals surface area (Å²) >= 11 is 0. The third-order valence-corrected chi connectivity index (χ3v) is 2.47. The number of carboxylic acid groups (broad SMARTS) is 1. The molecule has 0 aliphatic heterocycles. The van der Waals surface area contributed by atoms with Gasteiger partial charge in [-0.1, -0.05) is 0 Å². The first kappa shape index (κ1) is 10.6. The summed E-state index contributed by atoms with van der Waals surface area (Å²) in [7, 11) is 0. The largest absolute Gasteiger partial charge is 0.548 e. The summed E-state index contributed by atoms with van der Waals surface area (Å²) in [4.78, 5) is 13.4. The Morgan fingerprint density at radius 2 is 2.31 bits per heavy atom. The molecule has 1 unspecified atom stereocenters. The van der Waals surface area contributed by atoms with Crippen molar-refractivity contribution >= 4 is 16.9 Å². The summed E-state index contributed by atoms with van der Waals surface area (Å²) in [6.07, 6.45) is 1.79. The summed E-state index contributed by atoms with van der Waals surface area (Å²) in [5, 5.41) is 11.3. The zero-order valence-corrected chi connectivity index (χ0v) is 8.37. The van der Waals surface area contributed by atoms with Crippen LogP contribution in [0.1, 0.15) is 5.56 Å². The number of hydrogen-bond acceptors (Lipinski definition) is 3. The number of fused-ring (bicyclic) bond motifs is 1. The Labute approximate surface area is 90.9 Å². The zero-order valence-electron chi connectivity index (χ0n) is 8.37. The van der Waals surface area contributed by atoms with Crippen molar-refractivity contribution in [1.29, 1.82) is 0 Å². The van der Waals surface area contributed by atoms with E-state index in [1.807, 2.05) is 0 Å². The Hall–Kier alpha value is -1.88. The van der Waals surface area contributed by atoms with E-state index in [-0.39, 0.29) is 12.2 Å². The Balaban J connectivity index is 2.35. The van der Waals surface area contributed by atoms with E-state index in [1.165, 1.54) is 12.1 Å². The molecule has 0 amide bonds. The lowest BCUT2D eigenvalue weighted by Gasteiger charge is -2.11. The number of nitrogens with one attached hydrogen (secondary N) is 1. The SMILES string of the molecule is NC(Cc1c[nH]c2cc(F)ccc12)C(=O)[O-]. The van der Waals surface area contributed by atoms with Crippen LogP contribution >= 0.6 is 0 Å². The van der Waals surface area contributed by atoms with Gasteiger partial charge in [0.15, 0.2) is 0 Å². The highest BCUT2D eigenvalue weighted by atomic mass is 19.1. The minimum atomic E-state index is -1.29. The van der Waals surface area contributed by atoms with Crippen LogP contribution in [0.3, 0.4) is 0 Å². The minimum Gasteiger partial charge on any atom is -0.548 e. The van der Waals surface area contributed by atoms with Crippen molar-refractivity contribution in [3.05, 3.63) is 35.8 Å². The molecule has 0 saturated heterocycles. The quantitative estimate of drug-likeness (QED) is 0.761. The first-order valence-corrected chi connectivity index (χ1v) is 4.80. The van der Waals surface area contributed by atoms with E-state index in [2.05, 4.69) is 4.98 Å². The van der Waals surface area contributed by atoms with E-state index >= 15 is 0 Å². The number of benzene rings is 1. The average Bonchev–Trinajstić information content (AvgIpc) is 2.60. The molecule has 1 aromatic carbocycles. The highest BCUT2D eigenvalue weighted by Gasteiger charge is 2.09. The number of aromatic nitrogens is 1. The van der Waals surface area contributed by atoms with Crippen molar-refractivity contribution in [2.45, 2.75) is 12.5 Å². The molecule has 0 saturated carbocycles. The summed E-state index contributed by atoms with van der Waals surface area (Å²) < 4.78 is 12.9. The van der Waals surface area contributed by atoms with Gasteiger partial charge < -0.3 is 20.6 Å². The van der Waals surface area contributed by atoms with Gasteiger partial charge >= 0.3 is 0 Å². The van der Waals surface area contributed by atoms with Gasteiger partial charge in [0.25, 0.3) is 0 Å². The molecular formula is C11H10FN2O2-. The molecule has 16 heavy (non-hydrogen) atoms. The molecule has 0 fully saturated rings. The molecule has 1 aromatic heterocycles. The van der Waals surface area contributed by atoms with E-state index < -0.39 is 12.0 Å². The topological polar surface area (TPSA) is 81.9 Å². The zero-order chi connectivity index (χ0) is 11.7. The van der Waals surface area contributed by atoms with E-state index in [1.54, 1.807) is 12.3 Å². The molecule has 0 spiro atoms. The summed E-state index contributed by atoms with van der Waals surface area (Å²) in [6.45, 7) is 0. The highest BCUT2D eigenvalue weighted by molar-refractivity contribution is 5.84. The second-order valence-electron chi connectivity index (χ2n) is 3.63. The van der Waals surface area contributed by atoms with E-state index in [9.17, 15) is 14.3 Å². The second kappa shape index (κ2) is 3.94. The number of aromatic amines is 1. The number of rotatable bonds is 3.